The molecular weight excluding hydrogens is 286 g/mol. The highest BCUT2D eigenvalue weighted by Gasteiger charge is 2.61. The van der Waals surface area contributed by atoms with Crippen LogP contribution in [0.5, 0.6) is 0 Å². The SMILES string of the molecule is CC(C)N1C=C[C@H](c2ccccc2)[C@@]2(CC(C)(C)CC2=O)C1=O. The van der Waals surface area contributed by atoms with Gasteiger partial charge in [0.25, 0.3) is 0 Å². The van der Waals surface area contributed by atoms with Gasteiger partial charge in [-0.2, -0.15) is 0 Å². The number of carbonyl (C=O) groups excluding carboxylic acids is 2. The highest BCUT2D eigenvalue weighted by Crippen LogP contribution is 2.56. The van der Waals surface area contributed by atoms with E-state index in [2.05, 4.69) is 19.9 Å². The number of amides is 1. The number of nitrogens with zero attached hydrogens (tertiary/aromatic N) is 1. The molecule has 1 aromatic carbocycles. The molecule has 0 saturated heterocycles. The Morgan fingerprint density at radius 1 is 1.13 bits per heavy atom. The molecule has 122 valence electrons. The Bertz CT molecular complexity index is 659. The predicted molar refractivity (Wildman–Crippen MR) is 90.8 cm³/mol. The predicted octanol–water partition coefficient (Wildman–Crippen LogP) is 3.91. The molecule has 0 aromatic heterocycles. The van der Waals surface area contributed by atoms with Crippen LogP contribution in [0.2, 0.25) is 0 Å². The standard InChI is InChI=1S/C20H25NO2/c1-14(2)21-11-10-16(15-8-6-5-7-9-15)20(18(21)23)13-19(3,4)12-17(20)22/h5-11,14,16H,12-13H2,1-4H3/t16-,20-/m1/s1. The molecule has 2 aliphatic rings. The summed E-state index contributed by atoms with van der Waals surface area (Å²) < 4.78 is 0. The van der Waals surface area contributed by atoms with Crippen molar-refractivity contribution in [2.24, 2.45) is 10.8 Å². The van der Waals surface area contributed by atoms with E-state index in [1.165, 1.54) is 0 Å². The van der Waals surface area contributed by atoms with Crippen LogP contribution in [0.3, 0.4) is 0 Å². The number of Topliss-reactive ketones (excluding diaryl/α,β-unsaturated/α-hetero) is 1. The largest absolute Gasteiger partial charge is 0.316 e. The van der Waals surface area contributed by atoms with Gasteiger partial charge in [-0.3, -0.25) is 9.59 Å². The van der Waals surface area contributed by atoms with E-state index < -0.39 is 5.41 Å². The van der Waals surface area contributed by atoms with Crippen LogP contribution >= 0.6 is 0 Å². The average Bonchev–Trinajstić information content (AvgIpc) is 2.72. The summed E-state index contributed by atoms with van der Waals surface area (Å²) in [6.07, 6.45) is 5.01. The van der Waals surface area contributed by atoms with E-state index in [9.17, 15) is 9.59 Å². The number of hydrogen-bond acceptors (Lipinski definition) is 2. The zero-order valence-electron chi connectivity index (χ0n) is 14.4. The van der Waals surface area contributed by atoms with Crippen molar-refractivity contribution in [1.29, 1.82) is 0 Å². The van der Waals surface area contributed by atoms with Crippen molar-refractivity contribution in [2.45, 2.75) is 52.5 Å². The molecule has 0 radical (unpaired) electrons. The highest BCUT2D eigenvalue weighted by atomic mass is 16.2. The number of rotatable bonds is 2. The van der Waals surface area contributed by atoms with Crippen molar-refractivity contribution >= 4 is 11.7 Å². The van der Waals surface area contributed by atoms with Crippen LogP contribution in [0.25, 0.3) is 0 Å². The van der Waals surface area contributed by atoms with Crippen LogP contribution in [0.1, 0.15) is 52.0 Å². The van der Waals surface area contributed by atoms with Gasteiger partial charge in [0.15, 0.2) is 0 Å². The Kier molecular flexibility index (Phi) is 3.70. The molecule has 2 atom stereocenters. The molecule has 23 heavy (non-hydrogen) atoms. The van der Waals surface area contributed by atoms with E-state index >= 15 is 0 Å². The first-order valence-corrected chi connectivity index (χ1v) is 8.37. The minimum absolute atomic E-state index is 0.0283. The fraction of sp³-hybridized carbons (Fsp3) is 0.500. The van der Waals surface area contributed by atoms with E-state index in [1.807, 2.05) is 50.4 Å². The molecule has 1 aliphatic carbocycles. The fourth-order valence-electron chi connectivity index (χ4n) is 4.22. The van der Waals surface area contributed by atoms with E-state index in [-0.39, 0.29) is 29.1 Å². The Morgan fingerprint density at radius 2 is 1.78 bits per heavy atom. The van der Waals surface area contributed by atoms with Crippen molar-refractivity contribution in [3.63, 3.8) is 0 Å². The van der Waals surface area contributed by atoms with Crippen molar-refractivity contribution in [3.8, 4) is 0 Å². The van der Waals surface area contributed by atoms with Crippen molar-refractivity contribution < 1.29 is 9.59 Å². The van der Waals surface area contributed by atoms with E-state index in [0.29, 0.717) is 12.8 Å². The van der Waals surface area contributed by atoms with Crippen LogP contribution in [-0.2, 0) is 9.59 Å². The Balaban J connectivity index is 2.16. The van der Waals surface area contributed by atoms with Gasteiger partial charge in [0.05, 0.1) is 0 Å². The molecule has 1 amide bonds. The van der Waals surface area contributed by atoms with E-state index in [1.54, 1.807) is 4.90 Å². The quantitative estimate of drug-likeness (QED) is 0.777. The maximum Gasteiger partial charge on any atom is 0.241 e. The number of allylic oxidation sites excluding steroid dienone is 1. The van der Waals surface area contributed by atoms with Crippen molar-refractivity contribution in [3.05, 3.63) is 48.2 Å². The number of carbonyl (C=O) groups is 2. The minimum Gasteiger partial charge on any atom is -0.316 e. The third kappa shape index (κ3) is 2.43. The van der Waals surface area contributed by atoms with Crippen LogP contribution in [-0.4, -0.2) is 22.6 Å². The fourth-order valence-corrected chi connectivity index (χ4v) is 4.22. The third-order valence-corrected chi connectivity index (χ3v) is 5.20. The normalized spacial score (nSPS) is 29.8. The summed E-state index contributed by atoms with van der Waals surface area (Å²) in [6.45, 7) is 8.16. The number of benzene rings is 1. The third-order valence-electron chi connectivity index (χ3n) is 5.20. The molecule has 3 rings (SSSR count). The topological polar surface area (TPSA) is 37.4 Å². The summed E-state index contributed by atoms with van der Waals surface area (Å²) in [5.41, 5.74) is -0.0242. The smallest absolute Gasteiger partial charge is 0.241 e. The first kappa shape index (κ1) is 16.0. The molecule has 3 nitrogen and oxygen atoms in total. The van der Waals surface area contributed by atoms with Gasteiger partial charge in [-0.25, -0.2) is 0 Å². The van der Waals surface area contributed by atoms with Gasteiger partial charge in [0.1, 0.15) is 11.2 Å². The summed E-state index contributed by atoms with van der Waals surface area (Å²) in [7, 11) is 0. The summed E-state index contributed by atoms with van der Waals surface area (Å²) in [5, 5.41) is 0. The molecule has 0 bridgehead atoms. The van der Waals surface area contributed by atoms with Gasteiger partial charge < -0.3 is 4.90 Å². The lowest BCUT2D eigenvalue weighted by molar-refractivity contribution is -0.149. The lowest BCUT2D eigenvalue weighted by Crippen LogP contribution is -2.52. The summed E-state index contributed by atoms with van der Waals surface area (Å²) in [4.78, 5) is 28.1. The molecule has 1 saturated carbocycles. The van der Waals surface area contributed by atoms with Gasteiger partial charge in [-0.05, 0) is 31.2 Å². The molecule has 0 N–H and O–H groups in total. The summed E-state index contributed by atoms with van der Waals surface area (Å²) in [5.74, 6) is -0.101. The molecule has 3 heteroatoms. The molecule has 1 spiro atoms. The van der Waals surface area contributed by atoms with Gasteiger partial charge >= 0.3 is 0 Å². The van der Waals surface area contributed by atoms with Gasteiger partial charge in [0.2, 0.25) is 5.91 Å². The van der Waals surface area contributed by atoms with E-state index in [4.69, 9.17) is 0 Å². The van der Waals surface area contributed by atoms with Crippen LogP contribution < -0.4 is 0 Å². The Labute approximate surface area is 138 Å². The molecule has 1 aromatic rings. The van der Waals surface area contributed by atoms with Crippen LogP contribution in [0.15, 0.2) is 42.6 Å². The van der Waals surface area contributed by atoms with Crippen molar-refractivity contribution in [2.75, 3.05) is 0 Å². The van der Waals surface area contributed by atoms with Gasteiger partial charge in [-0.1, -0.05) is 50.3 Å². The Hall–Kier alpha value is -1.90. The highest BCUT2D eigenvalue weighted by molar-refractivity contribution is 6.10. The zero-order valence-corrected chi connectivity index (χ0v) is 14.4. The monoisotopic (exact) mass is 311 g/mol. The summed E-state index contributed by atoms with van der Waals surface area (Å²) >= 11 is 0. The maximum atomic E-state index is 13.3. The second-order valence-electron chi connectivity index (χ2n) is 7.95. The maximum absolute atomic E-state index is 13.3. The lowest BCUT2D eigenvalue weighted by Gasteiger charge is -2.42. The number of hydrogen-bond donors (Lipinski definition) is 0. The number of ketones is 1. The van der Waals surface area contributed by atoms with Gasteiger partial charge in [-0.15, -0.1) is 0 Å². The molecule has 1 fully saturated rings. The summed E-state index contributed by atoms with van der Waals surface area (Å²) in [6, 6.07) is 10.0. The molecular formula is C20H25NO2. The van der Waals surface area contributed by atoms with Crippen LogP contribution in [0, 0.1) is 10.8 Å². The Morgan fingerprint density at radius 3 is 2.30 bits per heavy atom. The van der Waals surface area contributed by atoms with E-state index in [0.717, 1.165) is 5.56 Å². The zero-order chi connectivity index (χ0) is 16.8. The second-order valence-corrected chi connectivity index (χ2v) is 7.95. The second kappa shape index (κ2) is 5.33. The molecule has 1 heterocycles. The molecule has 0 unspecified atom stereocenters. The minimum atomic E-state index is -0.941. The first-order chi connectivity index (χ1) is 10.8. The van der Waals surface area contributed by atoms with Gasteiger partial charge in [0, 0.05) is 24.6 Å². The molecule has 1 aliphatic heterocycles. The lowest BCUT2D eigenvalue weighted by atomic mass is 9.66. The van der Waals surface area contributed by atoms with Crippen molar-refractivity contribution in [1.82, 2.24) is 4.90 Å². The average molecular weight is 311 g/mol. The van der Waals surface area contributed by atoms with Crippen LogP contribution in [0.4, 0.5) is 0 Å². The first-order valence-electron chi connectivity index (χ1n) is 8.37.